The Kier molecular flexibility index (Phi) is 6.21. The van der Waals surface area contributed by atoms with E-state index < -0.39 is 10.0 Å². The van der Waals surface area contributed by atoms with Crippen molar-refractivity contribution in [1.29, 1.82) is 0 Å². The fourth-order valence-electron chi connectivity index (χ4n) is 1.45. The molecule has 0 spiro atoms. The Morgan fingerprint density at radius 3 is 2.61 bits per heavy atom. The zero-order valence-corrected chi connectivity index (χ0v) is 12.9. The zero-order valence-electron chi connectivity index (χ0n) is 9.79. The van der Waals surface area contributed by atoms with Gasteiger partial charge in [0.1, 0.15) is 4.90 Å². The van der Waals surface area contributed by atoms with E-state index in [4.69, 9.17) is 34.8 Å². The molecule has 0 fully saturated rings. The van der Waals surface area contributed by atoms with Crippen molar-refractivity contribution >= 4 is 44.8 Å². The Bertz CT molecular complexity index is 505. The molecule has 1 aromatic rings. The highest BCUT2D eigenvalue weighted by Crippen LogP contribution is 2.25. The minimum atomic E-state index is -3.65. The summed E-state index contributed by atoms with van der Waals surface area (Å²) in [6.07, 6.45) is 1.41. The molecule has 0 amide bonds. The smallest absolute Gasteiger partial charge is 0.208 e. The van der Waals surface area contributed by atoms with E-state index in [1.54, 1.807) is 13.0 Å². The molecular weight excluding hydrogens is 317 g/mol. The Balaban J connectivity index is 2.89. The van der Waals surface area contributed by atoms with Gasteiger partial charge >= 0.3 is 0 Å². The van der Waals surface area contributed by atoms with Crippen LogP contribution in [0.5, 0.6) is 0 Å². The minimum Gasteiger partial charge on any atom is -0.208 e. The van der Waals surface area contributed by atoms with Gasteiger partial charge in [0, 0.05) is 16.9 Å². The lowest BCUT2D eigenvalue weighted by Crippen LogP contribution is -2.32. The van der Waals surface area contributed by atoms with Crippen LogP contribution < -0.4 is 4.72 Å². The average Bonchev–Trinajstić information content (AvgIpc) is 2.29. The number of hydrogen-bond acceptors (Lipinski definition) is 2. The molecule has 0 aliphatic rings. The van der Waals surface area contributed by atoms with Crippen LogP contribution in [0.4, 0.5) is 0 Å². The highest BCUT2D eigenvalue weighted by molar-refractivity contribution is 7.89. The van der Waals surface area contributed by atoms with E-state index in [1.807, 2.05) is 0 Å². The maximum atomic E-state index is 12.1. The summed E-state index contributed by atoms with van der Waals surface area (Å²) < 4.78 is 26.7. The number of sulfonamides is 1. The van der Waals surface area contributed by atoms with Crippen LogP contribution in [0.1, 0.15) is 19.8 Å². The summed E-state index contributed by atoms with van der Waals surface area (Å²) in [5.41, 5.74) is 0. The van der Waals surface area contributed by atoms with Crippen LogP contribution in [-0.2, 0) is 10.0 Å². The number of hydrogen-bond donors (Lipinski definition) is 1. The van der Waals surface area contributed by atoms with Gasteiger partial charge in [-0.2, -0.15) is 0 Å². The standard InChI is InChI=1S/C11H14Cl3NO2S/c1-8(3-2-6-12)15-18(16,17)11-7-9(13)4-5-10(11)14/h4-5,7-8,15H,2-3,6H2,1H3. The number of nitrogens with one attached hydrogen (secondary N) is 1. The van der Waals surface area contributed by atoms with Crippen molar-refractivity contribution in [1.82, 2.24) is 4.72 Å². The fraction of sp³-hybridized carbons (Fsp3) is 0.455. The molecule has 3 nitrogen and oxygen atoms in total. The molecule has 1 atom stereocenters. The van der Waals surface area contributed by atoms with Crippen LogP contribution in [0.15, 0.2) is 23.1 Å². The third-order valence-electron chi connectivity index (χ3n) is 2.31. The molecule has 0 saturated heterocycles. The van der Waals surface area contributed by atoms with Crippen LogP contribution in [0.3, 0.4) is 0 Å². The molecule has 7 heteroatoms. The summed E-state index contributed by atoms with van der Waals surface area (Å²) in [5.74, 6) is 0.504. The number of benzene rings is 1. The summed E-state index contributed by atoms with van der Waals surface area (Å²) in [4.78, 5) is -0.00519. The molecule has 0 bridgehead atoms. The highest BCUT2D eigenvalue weighted by Gasteiger charge is 2.20. The second kappa shape index (κ2) is 6.96. The van der Waals surface area contributed by atoms with Crippen LogP contribution in [0, 0.1) is 0 Å². The maximum Gasteiger partial charge on any atom is 0.242 e. The molecule has 18 heavy (non-hydrogen) atoms. The predicted octanol–water partition coefficient (Wildman–Crippen LogP) is 3.68. The van der Waals surface area contributed by atoms with Crippen LogP contribution in [0.2, 0.25) is 10.0 Å². The van der Waals surface area contributed by atoms with Gasteiger partial charge in [0.05, 0.1) is 5.02 Å². The second-order valence-electron chi connectivity index (χ2n) is 3.93. The van der Waals surface area contributed by atoms with Crippen molar-refractivity contribution in [2.75, 3.05) is 5.88 Å². The first-order chi connectivity index (χ1) is 8.36. The average molecular weight is 331 g/mol. The van der Waals surface area contributed by atoms with Crippen LogP contribution in [-0.4, -0.2) is 20.3 Å². The van der Waals surface area contributed by atoms with Gasteiger partial charge < -0.3 is 0 Å². The normalized spacial score (nSPS) is 13.6. The van der Waals surface area contributed by atoms with Gasteiger partial charge in [0.2, 0.25) is 10.0 Å². The van der Waals surface area contributed by atoms with Gasteiger partial charge in [0.25, 0.3) is 0 Å². The zero-order chi connectivity index (χ0) is 13.8. The van der Waals surface area contributed by atoms with E-state index in [2.05, 4.69) is 4.72 Å². The van der Waals surface area contributed by atoms with Crippen molar-refractivity contribution in [3.8, 4) is 0 Å². The first-order valence-electron chi connectivity index (χ1n) is 5.40. The monoisotopic (exact) mass is 329 g/mol. The van der Waals surface area contributed by atoms with Crippen LogP contribution >= 0.6 is 34.8 Å². The van der Waals surface area contributed by atoms with Gasteiger partial charge in [-0.15, -0.1) is 11.6 Å². The van der Waals surface area contributed by atoms with E-state index in [1.165, 1.54) is 12.1 Å². The molecule has 0 saturated carbocycles. The number of alkyl halides is 1. The lowest BCUT2D eigenvalue weighted by molar-refractivity contribution is 0.544. The van der Waals surface area contributed by atoms with Gasteiger partial charge in [-0.25, -0.2) is 13.1 Å². The molecule has 1 N–H and O–H groups in total. The van der Waals surface area contributed by atoms with Crippen LogP contribution in [0.25, 0.3) is 0 Å². The number of rotatable bonds is 6. The molecule has 1 unspecified atom stereocenters. The van der Waals surface area contributed by atoms with E-state index in [-0.39, 0.29) is 16.0 Å². The summed E-state index contributed by atoms with van der Waals surface area (Å²) in [6.45, 7) is 1.78. The van der Waals surface area contributed by atoms with Crippen molar-refractivity contribution in [2.45, 2.75) is 30.7 Å². The van der Waals surface area contributed by atoms with Crippen molar-refractivity contribution in [3.05, 3.63) is 28.2 Å². The third kappa shape index (κ3) is 4.59. The number of halogens is 3. The summed E-state index contributed by atoms with van der Waals surface area (Å²) in [6, 6.07) is 4.13. The molecule has 0 radical (unpaired) electrons. The largest absolute Gasteiger partial charge is 0.242 e. The fourth-order valence-corrected chi connectivity index (χ4v) is 3.65. The summed E-state index contributed by atoms with van der Waals surface area (Å²) in [7, 11) is -3.65. The Morgan fingerprint density at radius 1 is 1.33 bits per heavy atom. The molecule has 0 aliphatic carbocycles. The van der Waals surface area contributed by atoms with Crippen molar-refractivity contribution < 1.29 is 8.42 Å². The first-order valence-corrected chi connectivity index (χ1v) is 8.17. The lowest BCUT2D eigenvalue weighted by atomic mass is 10.2. The van der Waals surface area contributed by atoms with E-state index in [0.717, 1.165) is 6.42 Å². The molecule has 0 aliphatic heterocycles. The Labute approximate surface area is 122 Å². The first kappa shape index (κ1) is 16.1. The maximum absolute atomic E-state index is 12.1. The summed E-state index contributed by atoms with van der Waals surface area (Å²) in [5, 5.41) is 0.477. The molecule has 1 aromatic carbocycles. The molecule has 0 aromatic heterocycles. The van der Waals surface area contributed by atoms with Crippen molar-refractivity contribution in [3.63, 3.8) is 0 Å². The Hall–Kier alpha value is -0.000000000000000111. The minimum absolute atomic E-state index is 0.00519. The van der Waals surface area contributed by atoms with Gasteiger partial charge in [0.15, 0.2) is 0 Å². The second-order valence-corrected chi connectivity index (χ2v) is 6.83. The summed E-state index contributed by atoms with van der Waals surface area (Å²) >= 11 is 17.2. The van der Waals surface area contributed by atoms with E-state index >= 15 is 0 Å². The third-order valence-corrected chi connectivity index (χ3v) is 4.88. The van der Waals surface area contributed by atoms with Gasteiger partial charge in [-0.05, 0) is 38.0 Å². The Morgan fingerprint density at radius 2 is 2.00 bits per heavy atom. The SMILES string of the molecule is CC(CCCCl)NS(=O)(=O)c1cc(Cl)ccc1Cl. The van der Waals surface area contributed by atoms with E-state index in [0.29, 0.717) is 17.3 Å². The van der Waals surface area contributed by atoms with E-state index in [9.17, 15) is 8.42 Å². The van der Waals surface area contributed by atoms with Gasteiger partial charge in [-0.3, -0.25) is 0 Å². The van der Waals surface area contributed by atoms with Gasteiger partial charge in [-0.1, -0.05) is 23.2 Å². The topological polar surface area (TPSA) is 46.2 Å². The molecule has 102 valence electrons. The molecule has 1 rings (SSSR count). The quantitative estimate of drug-likeness (QED) is 0.809. The lowest BCUT2D eigenvalue weighted by Gasteiger charge is -2.14. The predicted molar refractivity (Wildman–Crippen MR) is 76.2 cm³/mol. The van der Waals surface area contributed by atoms with Crippen molar-refractivity contribution in [2.24, 2.45) is 0 Å². The molecule has 0 heterocycles. The highest BCUT2D eigenvalue weighted by atomic mass is 35.5. The molecular formula is C11H14Cl3NO2S.